The van der Waals surface area contributed by atoms with Crippen molar-refractivity contribution in [3.63, 3.8) is 0 Å². The van der Waals surface area contributed by atoms with E-state index in [1.54, 1.807) is 25.3 Å². The number of nitrogens with one attached hydrogen (secondary N) is 1. The number of hydrogen-bond donors (Lipinski definition) is 1. The molecule has 0 saturated carbocycles. The summed E-state index contributed by atoms with van der Waals surface area (Å²) in [6.45, 7) is 0. The lowest BCUT2D eigenvalue weighted by molar-refractivity contribution is 0.112. The van der Waals surface area contributed by atoms with Crippen molar-refractivity contribution >= 4 is 40.4 Å². The topological polar surface area (TPSA) is 82.2 Å². The van der Waals surface area contributed by atoms with Gasteiger partial charge in [-0.2, -0.15) is 4.98 Å². The number of aryl methyl sites for hydroxylation is 1. The van der Waals surface area contributed by atoms with Crippen LogP contribution in [-0.4, -0.2) is 27.9 Å². The number of benzene rings is 2. The van der Waals surface area contributed by atoms with Gasteiger partial charge in [0.1, 0.15) is 17.6 Å². The highest BCUT2D eigenvalue weighted by Gasteiger charge is 2.12. The van der Waals surface area contributed by atoms with E-state index in [4.69, 9.17) is 9.15 Å². The molecule has 0 aliphatic carbocycles. The molecule has 2 aromatic carbocycles. The first-order valence-electron chi connectivity index (χ1n) is 7.31. The van der Waals surface area contributed by atoms with Crippen molar-refractivity contribution in [2.75, 3.05) is 12.4 Å². The van der Waals surface area contributed by atoms with Gasteiger partial charge >= 0.3 is 6.01 Å². The number of rotatable bonds is 4. The molecular formula is C17H14N4O3. The molecule has 7 nitrogen and oxygen atoms in total. The molecule has 2 heterocycles. The third-order valence-electron chi connectivity index (χ3n) is 3.86. The van der Waals surface area contributed by atoms with E-state index < -0.39 is 0 Å². The molecule has 1 N–H and O–H groups in total. The van der Waals surface area contributed by atoms with Gasteiger partial charge in [-0.15, -0.1) is 0 Å². The van der Waals surface area contributed by atoms with Crippen LogP contribution in [0.25, 0.3) is 22.1 Å². The monoisotopic (exact) mass is 322 g/mol. The van der Waals surface area contributed by atoms with Gasteiger partial charge in [-0.25, -0.2) is 4.98 Å². The maximum Gasteiger partial charge on any atom is 0.302 e. The van der Waals surface area contributed by atoms with Crippen molar-refractivity contribution in [1.82, 2.24) is 14.5 Å². The van der Waals surface area contributed by atoms with E-state index in [1.165, 1.54) is 0 Å². The highest BCUT2D eigenvalue weighted by molar-refractivity contribution is 5.86. The fourth-order valence-corrected chi connectivity index (χ4v) is 2.58. The minimum Gasteiger partial charge on any atom is -0.497 e. The van der Waals surface area contributed by atoms with Crippen LogP contribution in [0.4, 0.5) is 12.0 Å². The normalized spacial score (nSPS) is 11.1. The molecule has 0 fully saturated rings. The van der Waals surface area contributed by atoms with Gasteiger partial charge in [-0.3, -0.25) is 10.1 Å². The average Bonchev–Trinajstić information content (AvgIpc) is 3.14. The number of carbonyl (C=O) groups excluding carboxylic acids is 1. The molecule has 7 heteroatoms. The minimum atomic E-state index is 0.340. The average molecular weight is 322 g/mol. The number of carbonyl (C=O) groups is 1. The van der Waals surface area contributed by atoms with E-state index in [9.17, 15) is 4.79 Å². The molecule has 0 aliphatic heterocycles. The van der Waals surface area contributed by atoms with Crippen molar-refractivity contribution in [1.29, 1.82) is 0 Å². The summed E-state index contributed by atoms with van der Waals surface area (Å²) >= 11 is 0. The SMILES string of the molecule is COc1ccc2nc(Nc3nc4cc(C=O)ccc4n3C)oc2c1. The molecule has 0 aliphatic rings. The fraction of sp³-hybridized carbons (Fsp3) is 0.118. The van der Waals surface area contributed by atoms with Gasteiger partial charge in [0, 0.05) is 18.7 Å². The fourth-order valence-electron chi connectivity index (χ4n) is 2.58. The molecule has 4 rings (SSSR count). The molecule has 0 bridgehead atoms. The van der Waals surface area contributed by atoms with E-state index in [0.29, 0.717) is 28.9 Å². The van der Waals surface area contributed by atoms with Crippen LogP contribution in [0.3, 0.4) is 0 Å². The van der Waals surface area contributed by atoms with Crippen LogP contribution >= 0.6 is 0 Å². The van der Waals surface area contributed by atoms with Gasteiger partial charge in [0.15, 0.2) is 5.58 Å². The Morgan fingerprint density at radius 3 is 2.83 bits per heavy atom. The summed E-state index contributed by atoms with van der Waals surface area (Å²) in [5.41, 5.74) is 3.56. The summed E-state index contributed by atoms with van der Waals surface area (Å²) in [6, 6.07) is 11.1. The number of fused-ring (bicyclic) bond motifs is 2. The van der Waals surface area contributed by atoms with Crippen molar-refractivity contribution in [3.05, 3.63) is 42.0 Å². The van der Waals surface area contributed by atoms with Gasteiger partial charge in [0.25, 0.3) is 0 Å². The van der Waals surface area contributed by atoms with E-state index >= 15 is 0 Å². The van der Waals surface area contributed by atoms with Crippen LogP contribution in [0.15, 0.2) is 40.8 Å². The first-order valence-corrected chi connectivity index (χ1v) is 7.31. The third kappa shape index (κ3) is 2.26. The zero-order valence-corrected chi connectivity index (χ0v) is 13.1. The standard InChI is InChI=1S/C17H14N4O3/c1-21-14-6-3-10(9-22)7-13(14)18-16(21)20-17-19-12-5-4-11(23-2)8-15(12)24-17/h3-9H,1-2H3,(H,18,19,20). The largest absolute Gasteiger partial charge is 0.497 e. The molecule has 2 aromatic heterocycles. The second-order valence-corrected chi connectivity index (χ2v) is 5.34. The number of methoxy groups -OCH3 is 1. The van der Waals surface area contributed by atoms with Crippen LogP contribution in [0, 0.1) is 0 Å². The maximum atomic E-state index is 10.9. The zero-order chi connectivity index (χ0) is 16.7. The van der Waals surface area contributed by atoms with Gasteiger partial charge < -0.3 is 13.7 Å². The molecule has 0 spiro atoms. The minimum absolute atomic E-state index is 0.340. The van der Waals surface area contributed by atoms with Crippen LogP contribution in [0.5, 0.6) is 5.75 Å². The van der Waals surface area contributed by atoms with Crippen molar-refractivity contribution in [2.45, 2.75) is 0 Å². The Hall–Kier alpha value is -3.35. The van der Waals surface area contributed by atoms with E-state index in [-0.39, 0.29) is 0 Å². The first-order chi connectivity index (χ1) is 11.7. The summed E-state index contributed by atoms with van der Waals surface area (Å²) in [6.07, 6.45) is 0.801. The summed E-state index contributed by atoms with van der Waals surface area (Å²) in [5.74, 6) is 1.28. The number of ether oxygens (including phenoxy) is 1. The number of aromatic nitrogens is 3. The first kappa shape index (κ1) is 14.3. The summed E-state index contributed by atoms with van der Waals surface area (Å²) in [7, 11) is 3.48. The quantitative estimate of drug-likeness (QED) is 0.581. The van der Waals surface area contributed by atoms with Crippen molar-refractivity contribution in [3.8, 4) is 5.75 Å². The van der Waals surface area contributed by atoms with Gasteiger partial charge in [-0.1, -0.05) is 0 Å². The molecule has 0 unspecified atom stereocenters. The lowest BCUT2D eigenvalue weighted by Gasteiger charge is -2.01. The number of nitrogens with zero attached hydrogens (tertiary/aromatic N) is 3. The van der Waals surface area contributed by atoms with E-state index in [0.717, 1.165) is 22.8 Å². The third-order valence-corrected chi connectivity index (χ3v) is 3.86. The van der Waals surface area contributed by atoms with E-state index in [2.05, 4.69) is 15.3 Å². The van der Waals surface area contributed by atoms with Crippen LogP contribution in [-0.2, 0) is 7.05 Å². The number of imidazole rings is 1. The van der Waals surface area contributed by atoms with Gasteiger partial charge in [-0.05, 0) is 30.3 Å². The molecule has 24 heavy (non-hydrogen) atoms. The molecule has 0 saturated heterocycles. The Labute approximate surface area is 136 Å². The van der Waals surface area contributed by atoms with Gasteiger partial charge in [0.2, 0.25) is 5.95 Å². The Morgan fingerprint density at radius 2 is 2.04 bits per heavy atom. The Kier molecular flexibility index (Phi) is 3.19. The van der Waals surface area contributed by atoms with Crippen molar-refractivity contribution in [2.24, 2.45) is 7.05 Å². The van der Waals surface area contributed by atoms with E-state index in [1.807, 2.05) is 29.8 Å². The molecule has 4 aromatic rings. The highest BCUT2D eigenvalue weighted by atomic mass is 16.5. The number of hydrogen-bond acceptors (Lipinski definition) is 6. The second-order valence-electron chi connectivity index (χ2n) is 5.34. The zero-order valence-electron chi connectivity index (χ0n) is 13.1. The van der Waals surface area contributed by atoms with Crippen LogP contribution in [0.2, 0.25) is 0 Å². The molecule has 0 atom stereocenters. The smallest absolute Gasteiger partial charge is 0.302 e. The summed E-state index contributed by atoms with van der Waals surface area (Å²) in [5, 5.41) is 3.07. The van der Waals surface area contributed by atoms with Crippen LogP contribution < -0.4 is 10.1 Å². The lowest BCUT2D eigenvalue weighted by atomic mass is 10.2. The molecule has 0 radical (unpaired) electrons. The van der Waals surface area contributed by atoms with Crippen molar-refractivity contribution < 1.29 is 13.9 Å². The number of anilines is 2. The molecular weight excluding hydrogens is 308 g/mol. The molecule has 0 amide bonds. The Bertz CT molecular complexity index is 1060. The molecule has 120 valence electrons. The predicted molar refractivity (Wildman–Crippen MR) is 89.9 cm³/mol. The summed E-state index contributed by atoms with van der Waals surface area (Å²) in [4.78, 5) is 19.8. The predicted octanol–water partition coefficient (Wildman–Crippen LogP) is 3.28. The summed E-state index contributed by atoms with van der Waals surface area (Å²) < 4.78 is 12.8. The Morgan fingerprint density at radius 1 is 1.17 bits per heavy atom. The Balaban J connectivity index is 1.73. The lowest BCUT2D eigenvalue weighted by Crippen LogP contribution is -1.98. The maximum absolute atomic E-state index is 10.9. The highest BCUT2D eigenvalue weighted by Crippen LogP contribution is 2.26. The number of oxazole rings is 1. The van der Waals surface area contributed by atoms with Gasteiger partial charge in [0.05, 0.1) is 18.1 Å². The number of aldehydes is 1. The second kappa shape index (κ2) is 5.38. The van der Waals surface area contributed by atoms with Crippen LogP contribution in [0.1, 0.15) is 10.4 Å².